The predicted octanol–water partition coefficient (Wildman–Crippen LogP) is 3.50. The molecule has 9 nitrogen and oxygen atoms in total. The molecule has 0 aliphatic carbocycles. The fourth-order valence-corrected chi connectivity index (χ4v) is 2.55. The van der Waals surface area contributed by atoms with Crippen LogP contribution >= 0.6 is 0 Å². The Bertz CT molecular complexity index is 1210. The molecule has 4 aromatic rings. The molecule has 29 heavy (non-hydrogen) atoms. The highest BCUT2D eigenvalue weighted by Crippen LogP contribution is 2.23. The molecule has 0 atom stereocenters. The molecule has 3 aromatic heterocycles. The van der Waals surface area contributed by atoms with Gasteiger partial charge in [0, 0.05) is 16.8 Å². The van der Waals surface area contributed by atoms with Gasteiger partial charge in [0.25, 0.3) is 0 Å². The van der Waals surface area contributed by atoms with E-state index in [1.807, 2.05) is 6.07 Å². The van der Waals surface area contributed by atoms with Crippen LogP contribution < -0.4 is 16.0 Å². The van der Waals surface area contributed by atoms with E-state index >= 15 is 0 Å². The summed E-state index contributed by atoms with van der Waals surface area (Å²) >= 11 is 0. The summed E-state index contributed by atoms with van der Waals surface area (Å²) in [6.45, 7) is 3.41. The lowest BCUT2D eigenvalue weighted by molar-refractivity contribution is -0.111. The zero-order valence-electron chi connectivity index (χ0n) is 15.0. The van der Waals surface area contributed by atoms with Crippen LogP contribution in [0.4, 0.5) is 33.2 Å². The maximum absolute atomic E-state index is 14.2. The van der Waals surface area contributed by atoms with Gasteiger partial charge >= 0.3 is 0 Å². The van der Waals surface area contributed by atoms with Gasteiger partial charge in [-0.3, -0.25) is 9.89 Å². The number of amides is 1. The Balaban J connectivity index is 1.54. The number of carbonyl (C=O) groups excluding carboxylic acids is 1. The number of benzene rings is 1. The standard InChI is InChI=1S/C19H15FN8O/c1-2-16(29)24-12-4-3-5-13(7-12)25-18-15(20)10-22-19(27-18)26-14-6-11-8-23-28-17(11)21-9-14/h2-10H,1H2,(H,24,29)(H,21,23,28)(H2,22,25,26,27). The van der Waals surface area contributed by atoms with Crippen LogP contribution in [0.2, 0.25) is 0 Å². The highest BCUT2D eigenvalue weighted by Gasteiger charge is 2.09. The van der Waals surface area contributed by atoms with Gasteiger partial charge in [-0.05, 0) is 30.3 Å². The highest BCUT2D eigenvalue weighted by atomic mass is 19.1. The number of rotatable bonds is 6. The molecule has 144 valence electrons. The van der Waals surface area contributed by atoms with Gasteiger partial charge in [0.2, 0.25) is 11.9 Å². The molecule has 0 saturated carbocycles. The molecular weight excluding hydrogens is 375 g/mol. The van der Waals surface area contributed by atoms with Crippen molar-refractivity contribution in [2.45, 2.75) is 0 Å². The summed E-state index contributed by atoms with van der Waals surface area (Å²) in [6.07, 6.45) is 5.46. The molecule has 3 heterocycles. The third kappa shape index (κ3) is 4.16. The van der Waals surface area contributed by atoms with Crippen LogP contribution in [0.5, 0.6) is 0 Å². The Hall–Kier alpha value is -4.34. The first-order valence-electron chi connectivity index (χ1n) is 8.50. The van der Waals surface area contributed by atoms with Crippen LogP contribution in [-0.2, 0) is 4.79 Å². The first kappa shape index (κ1) is 18.0. The number of carbonyl (C=O) groups is 1. The summed E-state index contributed by atoms with van der Waals surface area (Å²) in [6, 6.07) is 8.60. The molecule has 0 fully saturated rings. The lowest BCUT2D eigenvalue weighted by atomic mass is 10.2. The van der Waals surface area contributed by atoms with Gasteiger partial charge in [0.05, 0.1) is 24.3 Å². The molecule has 4 rings (SSSR count). The second-order valence-corrected chi connectivity index (χ2v) is 5.95. The van der Waals surface area contributed by atoms with Crippen molar-refractivity contribution in [1.29, 1.82) is 0 Å². The Morgan fingerprint density at radius 3 is 2.79 bits per heavy atom. The third-order valence-electron chi connectivity index (χ3n) is 3.87. The van der Waals surface area contributed by atoms with Gasteiger partial charge in [0.15, 0.2) is 17.3 Å². The van der Waals surface area contributed by atoms with E-state index in [0.717, 1.165) is 17.7 Å². The molecule has 1 aromatic carbocycles. The molecular formula is C19H15FN8O. The molecule has 0 radical (unpaired) electrons. The average Bonchev–Trinajstić information content (AvgIpc) is 3.18. The topological polar surface area (TPSA) is 121 Å². The first-order chi connectivity index (χ1) is 14.1. The van der Waals surface area contributed by atoms with Gasteiger partial charge in [-0.25, -0.2) is 14.4 Å². The zero-order valence-corrected chi connectivity index (χ0v) is 15.0. The highest BCUT2D eigenvalue weighted by molar-refractivity contribution is 5.99. The molecule has 0 spiro atoms. The summed E-state index contributed by atoms with van der Waals surface area (Å²) in [5, 5.41) is 16.0. The number of halogens is 1. The van der Waals surface area contributed by atoms with Gasteiger partial charge < -0.3 is 16.0 Å². The number of hydrogen-bond donors (Lipinski definition) is 4. The quantitative estimate of drug-likeness (QED) is 0.372. The lowest BCUT2D eigenvalue weighted by Crippen LogP contribution is -2.07. The SMILES string of the molecule is C=CC(=O)Nc1cccc(Nc2nc(Nc3cnc4[nH]ncc4c3)ncc2F)c1. The number of pyridine rings is 1. The number of nitrogens with zero attached hydrogens (tertiary/aromatic N) is 4. The maximum atomic E-state index is 14.2. The summed E-state index contributed by atoms with van der Waals surface area (Å²) in [5.74, 6) is -0.800. The molecule has 0 aliphatic heterocycles. The molecule has 0 saturated heterocycles. The van der Waals surface area contributed by atoms with Crippen LogP contribution in [0.3, 0.4) is 0 Å². The number of hydrogen-bond acceptors (Lipinski definition) is 7. The minimum atomic E-state index is -0.625. The minimum Gasteiger partial charge on any atom is -0.338 e. The number of nitrogens with one attached hydrogen (secondary N) is 4. The van der Waals surface area contributed by atoms with Crippen molar-refractivity contribution >= 4 is 45.8 Å². The molecule has 1 amide bonds. The number of aromatic nitrogens is 5. The molecule has 0 aliphatic rings. The molecule has 0 unspecified atom stereocenters. The molecule has 10 heteroatoms. The predicted molar refractivity (Wildman–Crippen MR) is 108 cm³/mol. The number of aromatic amines is 1. The normalized spacial score (nSPS) is 10.5. The third-order valence-corrected chi connectivity index (χ3v) is 3.87. The van der Waals surface area contributed by atoms with Crippen molar-refractivity contribution in [2.24, 2.45) is 0 Å². The van der Waals surface area contributed by atoms with Crippen molar-refractivity contribution in [3.05, 3.63) is 67.4 Å². The summed E-state index contributed by atoms with van der Waals surface area (Å²) < 4.78 is 14.2. The van der Waals surface area contributed by atoms with Crippen molar-refractivity contribution in [1.82, 2.24) is 25.1 Å². The van der Waals surface area contributed by atoms with E-state index in [4.69, 9.17) is 0 Å². The van der Waals surface area contributed by atoms with Crippen molar-refractivity contribution in [3.8, 4) is 0 Å². The molecule has 4 N–H and O–H groups in total. The lowest BCUT2D eigenvalue weighted by Gasteiger charge is -2.10. The fourth-order valence-electron chi connectivity index (χ4n) is 2.55. The second kappa shape index (κ2) is 7.72. The van der Waals surface area contributed by atoms with Gasteiger partial charge in [-0.1, -0.05) is 12.6 Å². The second-order valence-electron chi connectivity index (χ2n) is 5.95. The van der Waals surface area contributed by atoms with Crippen molar-refractivity contribution in [2.75, 3.05) is 16.0 Å². The van der Waals surface area contributed by atoms with E-state index in [1.165, 1.54) is 0 Å². The van der Waals surface area contributed by atoms with E-state index in [9.17, 15) is 9.18 Å². The number of H-pyrrole nitrogens is 1. The van der Waals surface area contributed by atoms with Crippen LogP contribution in [0.25, 0.3) is 11.0 Å². The van der Waals surface area contributed by atoms with Crippen LogP contribution in [0.1, 0.15) is 0 Å². The van der Waals surface area contributed by atoms with E-state index in [-0.39, 0.29) is 17.7 Å². The van der Waals surface area contributed by atoms with E-state index in [2.05, 4.69) is 47.7 Å². The Morgan fingerprint density at radius 2 is 1.93 bits per heavy atom. The Kier molecular flexibility index (Phi) is 4.81. The Labute approximate surface area is 164 Å². The minimum absolute atomic E-state index is 0.0213. The van der Waals surface area contributed by atoms with Gasteiger partial charge in [0.1, 0.15) is 0 Å². The van der Waals surface area contributed by atoms with E-state index in [1.54, 1.807) is 36.7 Å². The Morgan fingerprint density at radius 1 is 1.07 bits per heavy atom. The number of anilines is 5. The monoisotopic (exact) mass is 390 g/mol. The van der Waals surface area contributed by atoms with E-state index in [0.29, 0.717) is 22.7 Å². The van der Waals surface area contributed by atoms with E-state index < -0.39 is 5.82 Å². The summed E-state index contributed by atoms with van der Waals surface area (Å²) in [7, 11) is 0. The van der Waals surface area contributed by atoms with Crippen LogP contribution in [-0.4, -0.2) is 31.1 Å². The fraction of sp³-hybridized carbons (Fsp3) is 0. The van der Waals surface area contributed by atoms with Crippen LogP contribution in [0.15, 0.2) is 61.6 Å². The average molecular weight is 390 g/mol. The maximum Gasteiger partial charge on any atom is 0.247 e. The smallest absolute Gasteiger partial charge is 0.247 e. The summed E-state index contributed by atoms with van der Waals surface area (Å²) in [5.41, 5.74) is 2.36. The van der Waals surface area contributed by atoms with Gasteiger partial charge in [-0.15, -0.1) is 0 Å². The first-order valence-corrected chi connectivity index (χ1v) is 8.50. The van der Waals surface area contributed by atoms with Crippen molar-refractivity contribution in [3.63, 3.8) is 0 Å². The summed E-state index contributed by atoms with van der Waals surface area (Å²) in [4.78, 5) is 23.8. The van der Waals surface area contributed by atoms with Gasteiger partial charge in [-0.2, -0.15) is 10.1 Å². The number of fused-ring (bicyclic) bond motifs is 1. The largest absolute Gasteiger partial charge is 0.338 e. The van der Waals surface area contributed by atoms with Crippen LogP contribution in [0, 0.1) is 5.82 Å². The zero-order chi connectivity index (χ0) is 20.2. The molecule has 0 bridgehead atoms. The van der Waals surface area contributed by atoms with Crippen molar-refractivity contribution < 1.29 is 9.18 Å².